The summed E-state index contributed by atoms with van der Waals surface area (Å²) in [5.74, 6) is -1.71. The Bertz CT molecular complexity index is 1180. The van der Waals surface area contributed by atoms with Crippen molar-refractivity contribution in [3.63, 3.8) is 0 Å². The number of unbranched alkanes of at least 4 members (excludes halogenated alkanes) is 3. The Morgan fingerprint density at radius 3 is 2.55 bits per heavy atom. The van der Waals surface area contributed by atoms with Gasteiger partial charge in [0.05, 0.1) is 35.1 Å². The molecule has 1 aromatic rings. The molecule has 0 aliphatic carbocycles. The highest BCUT2D eigenvalue weighted by molar-refractivity contribution is 7.09. The number of fused-ring (bicyclic) bond motifs is 2. The van der Waals surface area contributed by atoms with Crippen molar-refractivity contribution in [1.82, 2.24) is 4.98 Å². The molecule has 2 heterocycles. The average Bonchev–Trinajstić information content (AvgIpc) is 3.47. The molecule has 2 bridgehead atoms. The van der Waals surface area contributed by atoms with Crippen LogP contribution in [0, 0.1) is 5.92 Å². The lowest BCUT2D eigenvalue weighted by Gasteiger charge is -2.34. The molecule has 0 radical (unpaired) electrons. The lowest BCUT2D eigenvalue weighted by Crippen LogP contribution is -2.47. The Labute approximate surface area is 267 Å². The van der Waals surface area contributed by atoms with Crippen molar-refractivity contribution in [3.8, 4) is 0 Å². The maximum Gasteiger partial charge on any atom is 0.334 e. The third kappa shape index (κ3) is 11.8. The fourth-order valence-electron chi connectivity index (χ4n) is 5.08. The number of thiazole rings is 1. The van der Waals surface area contributed by atoms with E-state index in [9.17, 15) is 30.3 Å². The van der Waals surface area contributed by atoms with E-state index in [0.717, 1.165) is 31.3 Å². The topological polar surface area (TPSA) is 140 Å². The number of rotatable bonds is 9. The van der Waals surface area contributed by atoms with E-state index in [4.69, 9.17) is 4.74 Å². The normalized spacial score (nSPS) is 28.0. The average molecular weight is 632 g/mol. The molecule has 0 saturated carbocycles. The number of aromatic nitrogens is 1. The molecule has 0 amide bonds. The second-order valence-corrected chi connectivity index (χ2v) is 12.8. The van der Waals surface area contributed by atoms with E-state index in [1.165, 1.54) is 11.3 Å². The number of allylic oxidation sites excluding steroid dienone is 5. The molecule has 0 fully saturated rings. The van der Waals surface area contributed by atoms with Crippen molar-refractivity contribution in [2.45, 2.75) is 129 Å². The lowest BCUT2D eigenvalue weighted by molar-refractivity contribution is -0.164. The Balaban J connectivity index is 2.55. The van der Waals surface area contributed by atoms with Crippen LogP contribution in [0.4, 0.5) is 0 Å². The molecule has 8 nitrogen and oxygen atoms in total. The first kappa shape index (κ1) is 37.8. The summed E-state index contributed by atoms with van der Waals surface area (Å²) >= 11 is 1.37. The number of esters is 1. The molecule has 2 rings (SSSR count). The summed E-state index contributed by atoms with van der Waals surface area (Å²) in [6, 6.07) is 0. The molecule has 44 heavy (non-hydrogen) atoms. The number of nitrogens with zero attached hydrogens (tertiary/aromatic N) is 1. The molecule has 0 spiro atoms. The largest absolute Gasteiger partial charge is 0.456 e. The third-order valence-corrected chi connectivity index (χ3v) is 9.26. The van der Waals surface area contributed by atoms with Crippen molar-refractivity contribution in [2.75, 3.05) is 0 Å². The summed E-state index contributed by atoms with van der Waals surface area (Å²) in [5.41, 5.74) is 2.54. The predicted molar refractivity (Wildman–Crippen MR) is 177 cm³/mol. The van der Waals surface area contributed by atoms with Gasteiger partial charge in [0.25, 0.3) is 0 Å². The van der Waals surface area contributed by atoms with E-state index in [1.807, 2.05) is 38.3 Å². The van der Waals surface area contributed by atoms with Crippen LogP contribution in [0.3, 0.4) is 0 Å². The van der Waals surface area contributed by atoms with Gasteiger partial charge in [0.2, 0.25) is 0 Å². The van der Waals surface area contributed by atoms with Crippen molar-refractivity contribution in [3.05, 3.63) is 69.3 Å². The number of cyclic esters (lactones) is 1. The summed E-state index contributed by atoms with van der Waals surface area (Å²) in [6.45, 7) is 11.3. The van der Waals surface area contributed by atoms with Crippen LogP contribution in [-0.2, 0) is 9.53 Å². The van der Waals surface area contributed by atoms with Gasteiger partial charge in [-0.25, -0.2) is 9.78 Å². The molecular weight excluding hydrogens is 578 g/mol. The minimum atomic E-state index is -1.48. The van der Waals surface area contributed by atoms with E-state index in [-0.39, 0.29) is 18.8 Å². The summed E-state index contributed by atoms with van der Waals surface area (Å²) in [5, 5.41) is 57.1. The van der Waals surface area contributed by atoms with Crippen molar-refractivity contribution in [2.24, 2.45) is 5.92 Å². The maximum atomic E-state index is 13.8. The van der Waals surface area contributed by atoms with Gasteiger partial charge in [-0.15, -0.1) is 11.3 Å². The standard InChI is InChI=1S/C35H53NO7S/c1-7-9-10-12-15-26-19-27-21-44-34(36-27)24(5)30(39)20-28(37)16-13-11-14-17-29(38)32(41)33(43-35(26)42)25(6)31(40)23(4)18-22(3)8-2/h8,11,13-14,16,18-19,21,24-25,28-33,37-41H,7,9-10,12,15,17,20H2,1-6H3. The number of ether oxygens (including phenoxy) is 1. The van der Waals surface area contributed by atoms with Crippen LogP contribution in [0.1, 0.15) is 103 Å². The summed E-state index contributed by atoms with van der Waals surface area (Å²) in [4.78, 5) is 18.4. The van der Waals surface area contributed by atoms with Gasteiger partial charge >= 0.3 is 5.97 Å². The number of hydrogen-bond donors (Lipinski definition) is 5. The van der Waals surface area contributed by atoms with Crippen LogP contribution in [0.2, 0.25) is 0 Å². The van der Waals surface area contributed by atoms with E-state index in [1.54, 1.807) is 44.2 Å². The van der Waals surface area contributed by atoms with Crippen molar-refractivity contribution >= 4 is 23.4 Å². The number of carbonyl (C=O) groups excluding carboxylic acids is 1. The zero-order chi connectivity index (χ0) is 32.8. The van der Waals surface area contributed by atoms with E-state index in [2.05, 4.69) is 11.9 Å². The number of carbonyl (C=O) groups is 1. The number of aliphatic hydroxyl groups excluding tert-OH is 5. The van der Waals surface area contributed by atoms with Gasteiger partial charge < -0.3 is 30.3 Å². The van der Waals surface area contributed by atoms with Crippen LogP contribution in [0.5, 0.6) is 0 Å². The minimum Gasteiger partial charge on any atom is -0.456 e. The molecule has 0 saturated heterocycles. The van der Waals surface area contributed by atoms with Crippen LogP contribution >= 0.6 is 11.3 Å². The van der Waals surface area contributed by atoms with E-state index < -0.39 is 48.5 Å². The second-order valence-electron chi connectivity index (χ2n) is 12.0. The summed E-state index contributed by atoms with van der Waals surface area (Å²) in [7, 11) is 0. The zero-order valence-electron chi connectivity index (χ0n) is 27.1. The second kappa shape index (κ2) is 19.2. The molecule has 8 unspecified atom stereocenters. The minimum absolute atomic E-state index is 0.0473. The first-order valence-corrected chi connectivity index (χ1v) is 16.7. The molecule has 8 atom stereocenters. The molecular formula is C35H53NO7S. The predicted octanol–water partition coefficient (Wildman–Crippen LogP) is 5.77. The zero-order valence-corrected chi connectivity index (χ0v) is 27.9. The quantitative estimate of drug-likeness (QED) is 0.131. The van der Waals surface area contributed by atoms with Crippen molar-refractivity contribution in [1.29, 1.82) is 0 Å². The Kier molecular flexibility index (Phi) is 16.5. The third-order valence-electron chi connectivity index (χ3n) is 8.20. The molecule has 1 aromatic heterocycles. The Morgan fingerprint density at radius 1 is 1.14 bits per heavy atom. The molecule has 1 aliphatic heterocycles. The van der Waals surface area contributed by atoms with Crippen LogP contribution in [-0.4, -0.2) is 73.1 Å². The molecule has 0 aromatic carbocycles. The fourth-order valence-corrected chi connectivity index (χ4v) is 5.97. The van der Waals surface area contributed by atoms with Gasteiger partial charge in [-0.2, -0.15) is 0 Å². The van der Waals surface area contributed by atoms with Gasteiger partial charge in [0, 0.05) is 29.2 Å². The molecule has 1 aliphatic rings. The highest BCUT2D eigenvalue weighted by Crippen LogP contribution is 2.29. The SMILES string of the molecule is CC=C(C)C=C(C)C(O)C(C)C1OC(=O)C(CCCCCC)=Cc2csc(n2)C(C)C(O)CC(O)C=CC=CCC(O)C1O. The van der Waals surface area contributed by atoms with E-state index in [0.29, 0.717) is 28.3 Å². The van der Waals surface area contributed by atoms with Crippen molar-refractivity contribution < 1.29 is 35.1 Å². The van der Waals surface area contributed by atoms with Crippen LogP contribution in [0.15, 0.2) is 58.6 Å². The summed E-state index contributed by atoms with van der Waals surface area (Å²) in [6.07, 6.45) is 9.51. The summed E-state index contributed by atoms with van der Waals surface area (Å²) < 4.78 is 5.98. The fraction of sp³-hybridized carbons (Fsp3) is 0.600. The van der Waals surface area contributed by atoms with E-state index >= 15 is 0 Å². The number of aliphatic hydroxyl groups is 5. The number of hydrogen-bond acceptors (Lipinski definition) is 9. The van der Waals surface area contributed by atoms with Gasteiger partial charge in [0.1, 0.15) is 12.2 Å². The van der Waals surface area contributed by atoms with Gasteiger partial charge in [-0.05, 0) is 51.7 Å². The van der Waals surface area contributed by atoms with Gasteiger partial charge in [-0.1, -0.05) is 82.1 Å². The molecule has 9 heteroatoms. The van der Waals surface area contributed by atoms with Crippen LogP contribution in [0.25, 0.3) is 6.08 Å². The Morgan fingerprint density at radius 2 is 1.86 bits per heavy atom. The monoisotopic (exact) mass is 631 g/mol. The first-order valence-electron chi connectivity index (χ1n) is 15.8. The smallest absolute Gasteiger partial charge is 0.334 e. The Hall–Kier alpha value is -2.40. The highest BCUT2D eigenvalue weighted by Gasteiger charge is 2.38. The first-order chi connectivity index (χ1) is 20.9. The highest BCUT2D eigenvalue weighted by atomic mass is 32.1. The lowest BCUT2D eigenvalue weighted by atomic mass is 9.87. The van der Waals surface area contributed by atoms with Gasteiger partial charge in [-0.3, -0.25) is 0 Å². The van der Waals surface area contributed by atoms with Crippen LogP contribution < -0.4 is 0 Å². The molecule has 5 N–H and O–H groups in total. The maximum absolute atomic E-state index is 13.8. The molecule has 246 valence electrons. The van der Waals surface area contributed by atoms with Gasteiger partial charge in [0.15, 0.2) is 0 Å².